The van der Waals surface area contributed by atoms with Crippen LogP contribution in [0.3, 0.4) is 0 Å². The molecule has 0 bridgehead atoms. The Morgan fingerprint density at radius 3 is 2.55 bits per heavy atom. The molecule has 0 aromatic heterocycles. The van der Waals surface area contributed by atoms with Gasteiger partial charge in [-0.3, -0.25) is 9.59 Å². The molecule has 170 valence electrons. The van der Waals surface area contributed by atoms with Crippen LogP contribution in [0.15, 0.2) is 54.6 Å². The highest BCUT2D eigenvalue weighted by atomic mass is 16.5. The van der Waals surface area contributed by atoms with Crippen molar-refractivity contribution >= 4 is 11.8 Å². The SMILES string of the molecule is CC(C)OC(=O)CCC/C=C\C[C@H]1C(O)CC(O)[C@@H]1/C=C/C(=O)CCc1ccccc1. The number of rotatable bonds is 12. The van der Waals surface area contributed by atoms with E-state index in [1.807, 2.05) is 56.3 Å². The van der Waals surface area contributed by atoms with Gasteiger partial charge in [-0.1, -0.05) is 48.6 Å². The summed E-state index contributed by atoms with van der Waals surface area (Å²) in [5.41, 5.74) is 1.13. The first-order valence-electron chi connectivity index (χ1n) is 11.3. The minimum Gasteiger partial charge on any atom is -0.463 e. The quantitative estimate of drug-likeness (QED) is 0.226. The Hall–Kier alpha value is -2.24. The monoisotopic (exact) mass is 428 g/mol. The number of aliphatic hydroxyl groups excluding tert-OH is 2. The van der Waals surface area contributed by atoms with E-state index in [9.17, 15) is 19.8 Å². The molecule has 0 amide bonds. The normalized spacial score (nSPS) is 23.8. The summed E-state index contributed by atoms with van der Waals surface area (Å²) in [5.74, 6) is -0.503. The number of benzene rings is 1. The molecule has 2 N–H and O–H groups in total. The number of ether oxygens (including phenoxy) is 1. The van der Waals surface area contributed by atoms with E-state index in [-0.39, 0.29) is 29.7 Å². The van der Waals surface area contributed by atoms with Crippen molar-refractivity contribution in [2.24, 2.45) is 11.8 Å². The summed E-state index contributed by atoms with van der Waals surface area (Å²) in [6, 6.07) is 9.88. The highest BCUT2D eigenvalue weighted by molar-refractivity contribution is 5.89. The molecule has 0 aliphatic heterocycles. The fourth-order valence-corrected chi connectivity index (χ4v) is 3.98. The number of aryl methyl sites for hydroxylation is 1. The first kappa shape index (κ1) is 25.0. The number of unbranched alkanes of at least 4 members (excludes halogenated alkanes) is 1. The van der Waals surface area contributed by atoms with Crippen molar-refractivity contribution in [3.8, 4) is 0 Å². The van der Waals surface area contributed by atoms with Crippen LogP contribution in [-0.2, 0) is 20.7 Å². The molecule has 0 saturated heterocycles. The van der Waals surface area contributed by atoms with Gasteiger partial charge in [0.2, 0.25) is 0 Å². The highest BCUT2D eigenvalue weighted by Crippen LogP contribution is 2.36. The van der Waals surface area contributed by atoms with Crippen molar-refractivity contribution in [2.45, 2.75) is 77.1 Å². The third-order valence-corrected chi connectivity index (χ3v) is 5.62. The average Bonchev–Trinajstić information content (AvgIpc) is 3.00. The summed E-state index contributed by atoms with van der Waals surface area (Å²) in [6.07, 6.45) is 9.96. The summed E-state index contributed by atoms with van der Waals surface area (Å²) in [5, 5.41) is 20.7. The number of hydrogen-bond acceptors (Lipinski definition) is 5. The fourth-order valence-electron chi connectivity index (χ4n) is 3.98. The Morgan fingerprint density at radius 1 is 1.10 bits per heavy atom. The largest absolute Gasteiger partial charge is 0.463 e. The van der Waals surface area contributed by atoms with Gasteiger partial charge in [-0.25, -0.2) is 0 Å². The van der Waals surface area contributed by atoms with Gasteiger partial charge in [-0.15, -0.1) is 0 Å². The van der Waals surface area contributed by atoms with Crippen molar-refractivity contribution < 1.29 is 24.5 Å². The Labute approximate surface area is 185 Å². The third kappa shape index (κ3) is 9.19. The van der Waals surface area contributed by atoms with Crippen LogP contribution in [0.2, 0.25) is 0 Å². The van der Waals surface area contributed by atoms with Gasteiger partial charge in [0.25, 0.3) is 0 Å². The molecule has 0 radical (unpaired) electrons. The van der Waals surface area contributed by atoms with E-state index in [0.29, 0.717) is 32.1 Å². The molecule has 2 rings (SSSR count). The van der Waals surface area contributed by atoms with Crippen LogP contribution in [-0.4, -0.2) is 40.3 Å². The predicted octanol–water partition coefficient (Wildman–Crippen LogP) is 4.17. The Bertz CT molecular complexity index is 737. The average molecular weight is 429 g/mol. The molecule has 1 aromatic carbocycles. The minimum absolute atomic E-state index is 0.0278. The van der Waals surface area contributed by atoms with Gasteiger partial charge in [-0.2, -0.15) is 0 Å². The van der Waals surface area contributed by atoms with E-state index in [1.165, 1.54) is 0 Å². The summed E-state index contributed by atoms with van der Waals surface area (Å²) >= 11 is 0. The second kappa shape index (κ2) is 13.2. The van der Waals surface area contributed by atoms with Crippen molar-refractivity contribution in [3.05, 3.63) is 60.2 Å². The van der Waals surface area contributed by atoms with E-state index >= 15 is 0 Å². The maximum atomic E-state index is 12.2. The molecule has 31 heavy (non-hydrogen) atoms. The van der Waals surface area contributed by atoms with Crippen molar-refractivity contribution in [1.29, 1.82) is 0 Å². The number of carbonyl (C=O) groups is 2. The summed E-state index contributed by atoms with van der Waals surface area (Å²) < 4.78 is 5.11. The van der Waals surface area contributed by atoms with Gasteiger partial charge in [-0.05, 0) is 57.1 Å². The lowest BCUT2D eigenvalue weighted by Crippen LogP contribution is -2.20. The molecule has 1 fully saturated rings. The highest BCUT2D eigenvalue weighted by Gasteiger charge is 2.39. The van der Waals surface area contributed by atoms with E-state index in [1.54, 1.807) is 12.2 Å². The van der Waals surface area contributed by atoms with Gasteiger partial charge >= 0.3 is 5.97 Å². The standard InChI is InChI=1S/C26H36O5/c1-19(2)31-26(30)13-9-4-3-8-12-22-23(25(29)18-24(22)28)17-16-21(27)15-14-20-10-6-5-7-11-20/h3,5-8,10-11,16-17,19,22-25,28-29H,4,9,12-15,18H2,1-2H3/b8-3-,17-16+/t22-,23-,24?,25?/m1/s1. The van der Waals surface area contributed by atoms with Crippen LogP contribution in [0, 0.1) is 11.8 Å². The third-order valence-electron chi connectivity index (χ3n) is 5.62. The Kier molecular flexibility index (Phi) is 10.7. The Balaban J connectivity index is 1.77. The fraction of sp³-hybridized carbons (Fsp3) is 0.538. The molecule has 1 aliphatic rings. The van der Waals surface area contributed by atoms with Crippen LogP contribution in [0.1, 0.15) is 57.9 Å². The van der Waals surface area contributed by atoms with Crippen molar-refractivity contribution in [2.75, 3.05) is 0 Å². The molecule has 0 heterocycles. The van der Waals surface area contributed by atoms with E-state index < -0.39 is 12.2 Å². The van der Waals surface area contributed by atoms with Crippen LogP contribution in [0.25, 0.3) is 0 Å². The number of esters is 1. The lowest BCUT2D eigenvalue weighted by atomic mass is 9.89. The number of aliphatic hydroxyl groups is 2. The number of carbonyl (C=O) groups excluding carboxylic acids is 2. The molecule has 1 saturated carbocycles. The van der Waals surface area contributed by atoms with Gasteiger partial charge in [0.1, 0.15) is 0 Å². The van der Waals surface area contributed by atoms with Crippen LogP contribution in [0.4, 0.5) is 0 Å². The second-order valence-corrected chi connectivity index (χ2v) is 8.56. The molecule has 4 atom stereocenters. The number of allylic oxidation sites excluding steroid dienone is 3. The van der Waals surface area contributed by atoms with Crippen LogP contribution in [0.5, 0.6) is 0 Å². The predicted molar refractivity (Wildman–Crippen MR) is 121 cm³/mol. The lowest BCUT2D eigenvalue weighted by Gasteiger charge is -2.19. The smallest absolute Gasteiger partial charge is 0.306 e. The number of ketones is 1. The van der Waals surface area contributed by atoms with Crippen LogP contribution < -0.4 is 0 Å². The molecular formula is C26H36O5. The molecular weight excluding hydrogens is 392 g/mol. The summed E-state index contributed by atoms with van der Waals surface area (Å²) in [6.45, 7) is 3.67. The molecule has 1 aliphatic carbocycles. The zero-order valence-corrected chi connectivity index (χ0v) is 18.7. The maximum absolute atomic E-state index is 12.2. The van der Waals surface area contributed by atoms with E-state index in [0.717, 1.165) is 18.4 Å². The Morgan fingerprint density at radius 2 is 1.84 bits per heavy atom. The van der Waals surface area contributed by atoms with Gasteiger partial charge in [0, 0.05) is 25.2 Å². The van der Waals surface area contributed by atoms with Gasteiger partial charge in [0.15, 0.2) is 5.78 Å². The lowest BCUT2D eigenvalue weighted by molar-refractivity contribution is -0.147. The van der Waals surface area contributed by atoms with Gasteiger partial charge in [0.05, 0.1) is 18.3 Å². The molecule has 5 heteroatoms. The summed E-state index contributed by atoms with van der Waals surface area (Å²) in [4.78, 5) is 23.8. The first-order chi connectivity index (χ1) is 14.9. The van der Waals surface area contributed by atoms with E-state index in [2.05, 4.69) is 0 Å². The van der Waals surface area contributed by atoms with Crippen molar-refractivity contribution in [3.63, 3.8) is 0 Å². The molecule has 1 aromatic rings. The molecule has 2 unspecified atom stereocenters. The van der Waals surface area contributed by atoms with E-state index in [4.69, 9.17) is 4.74 Å². The van der Waals surface area contributed by atoms with Gasteiger partial charge < -0.3 is 14.9 Å². The van der Waals surface area contributed by atoms with Crippen LogP contribution >= 0.6 is 0 Å². The zero-order chi connectivity index (χ0) is 22.6. The summed E-state index contributed by atoms with van der Waals surface area (Å²) in [7, 11) is 0. The topological polar surface area (TPSA) is 83.8 Å². The maximum Gasteiger partial charge on any atom is 0.306 e. The first-order valence-corrected chi connectivity index (χ1v) is 11.3. The second-order valence-electron chi connectivity index (χ2n) is 8.56. The zero-order valence-electron chi connectivity index (χ0n) is 18.7. The van der Waals surface area contributed by atoms with Crippen molar-refractivity contribution in [1.82, 2.24) is 0 Å². The number of hydrogen-bond donors (Lipinski definition) is 2. The molecule has 5 nitrogen and oxygen atoms in total. The minimum atomic E-state index is -0.641. The molecule has 0 spiro atoms.